The third-order valence-corrected chi connectivity index (χ3v) is 2.27. The molecule has 0 saturated heterocycles. The van der Waals surface area contributed by atoms with Crippen molar-refractivity contribution in [1.82, 2.24) is 4.98 Å². The summed E-state index contributed by atoms with van der Waals surface area (Å²) < 4.78 is 0. The Morgan fingerprint density at radius 3 is 2.73 bits per heavy atom. The second-order valence-corrected chi connectivity index (χ2v) is 2.97. The Morgan fingerprint density at radius 2 is 2.36 bits per heavy atom. The zero-order valence-electron chi connectivity index (χ0n) is 6.00. The minimum Gasteiger partial charge on any atom is -0.481 e. The first kappa shape index (κ1) is 6.46. The Bertz CT molecular complexity index is 272. The second kappa shape index (κ2) is 1.87. The van der Waals surface area contributed by atoms with Crippen molar-refractivity contribution in [3.8, 4) is 0 Å². The van der Waals surface area contributed by atoms with Crippen LogP contribution >= 0.6 is 0 Å². The molecule has 1 aliphatic carbocycles. The lowest BCUT2D eigenvalue weighted by molar-refractivity contribution is -0.140. The van der Waals surface area contributed by atoms with Gasteiger partial charge >= 0.3 is 5.97 Å². The maximum absolute atomic E-state index is 10.8. The van der Waals surface area contributed by atoms with E-state index >= 15 is 0 Å². The standard InChI is InChI=1S/C8H9NO2/c10-7(11)8(3-4-8)6-2-1-5-9-6/h1-2,5,9H,3-4H2,(H,10,11). The van der Waals surface area contributed by atoms with E-state index < -0.39 is 11.4 Å². The van der Waals surface area contributed by atoms with Gasteiger partial charge in [-0.1, -0.05) is 0 Å². The minimum atomic E-state index is -0.708. The normalized spacial score (nSPS) is 19.6. The Kier molecular flexibility index (Phi) is 1.10. The van der Waals surface area contributed by atoms with Crippen molar-refractivity contribution < 1.29 is 9.90 Å². The number of carboxylic acids is 1. The molecule has 0 bridgehead atoms. The van der Waals surface area contributed by atoms with Gasteiger partial charge in [-0.25, -0.2) is 0 Å². The highest BCUT2D eigenvalue weighted by atomic mass is 16.4. The zero-order chi connectivity index (χ0) is 7.90. The van der Waals surface area contributed by atoms with E-state index in [0.717, 1.165) is 18.5 Å². The molecule has 1 heterocycles. The van der Waals surface area contributed by atoms with E-state index in [0.29, 0.717) is 0 Å². The van der Waals surface area contributed by atoms with Crippen LogP contribution in [0.2, 0.25) is 0 Å². The van der Waals surface area contributed by atoms with Crippen molar-refractivity contribution in [2.45, 2.75) is 18.3 Å². The minimum absolute atomic E-state index is 0.566. The van der Waals surface area contributed by atoms with Crippen LogP contribution in [0.3, 0.4) is 0 Å². The summed E-state index contributed by atoms with van der Waals surface area (Å²) in [6, 6.07) is 3.67. The molecule has 1 saturated carbocycles. The van der Waals surface area contributed by atoms with Crippen LogP contribution in [0.15, 0.2) is 18.3 Å². The smallest absolute Gasteiger partial charge is 0.315 e. The third-order valence-electron chi connectivity index (χ3n) is 2.27. The molecular weight excluding hydrogens is 142 g/mol. The van der Waals surface area contributed by atoms with Gasteiger partial charge in [-0.2, -0.15) is 0 Å². The molecular formula is C8H9NO2. The summed E-state index contributed by atoms with van der Waals surface area (Å²) in [5.41, 5.74) is 0.272. The molecule has 0 spiro atoms. The van der Waals surface area contributed by atoms with Gasteiger partial charge < -0.3 is 10.1 Å². The molecule has 58 valence electrons. The van der Waals surface area contributed by atoms with Gasteiger partial charge in [-0.3, -0.25) is 4.79 Å². The first-order valence-corrected chi connectivity index (χ1v) is 3.63. The summed E-state index contributed by atoms with van der Waals surface area (Å²) in [7, 11) is 0. The highest BCUT2D eigenvalue weighted by Crippen LogP contribution is 2.47. The van der Waals surface area contributed by atoms with Gasteiger partial charge in [0.25, 0.3) is 0 Å². The van der Waals surface area contributed by atoms with Crippen molar-refractivity contribution >= 4 is 5.97 Å². The molecule has 3 nitrogen and oxygen atoms in total. The van der Waals surface area contributed by atoms with E-state index in [1.54, 1.807) is 6.20 Å². The van der Waals surface area contributed by atoms with Gasteiger partial charge in [0.05, 0.1) is 0 Å². The van der Waals surface area contributed by atoms with Crippen LogP contribution < -0.4 is 0 Å². The van der Waals surface area contributed by atoms with Crippen LogP contribution in [0.25, 0.3) is 0 Å². The average molecular weight is 151 g/mol. The number of H-pyrrole nitrogens is 1. The molecule has 1 aromatic heterocycles. The van der Waals surface area contributed by atoms with Gasteiger partial charge in [0.1, 0.15) is 5.41 Å². The van der Waals surface area contributed by atoms with Crippen molar-refractivity contribution in [2.75, 3.05) is 0 Å². The number of rotatable bonds is 2. The quantitative estimate of drug-likeness (QED) is 0.665. The number of hydrogen-bond acceptors (Lipinski definition) is 1. The summed E-state index contributed by atoms with van der Waals surface area (Å²) in [6.07, 6.45) is 3.30. The van der Waals surface area contributed by atoms with Gasteiger partial charge in [-0.15, -0.1) is 0 Å². The van der Waals surface area contributed by atoms with Crippen LogP contribution in [0.4, 0.5) is 0 Å². The fraction of sp³-hybridized carbons (Fsp3) is 0.375. The van der Waals surface area contributed by atoms with Crippen molar-refractivity contribution in [3.05, 3.63) is 24.0 Å². The molecule has 1 fully saturated rings. The topological polar surface area (TPSA) is 53.1 Å². The van der Waals surface area contributed by atoms with Crippen LogP contribution in [0, 0.1) is 0 Å². The third kappa shape index (κ3) is 0.770. The summed E-state index contributed by atoms with van der Waals surface area (Å²) >= 11 is 0. The lowest BCUT2D eigenvalue weighted by atomic mass is 10.0. The average Bonchev–Trinajstić information content (AvgIpc) is 2.61. The lowest BCUT2D eigenvalue weighted by Crippen LogP contribution is -2.19. The van der Waals surface area contributed by atoms with E-state index in [2.05, 4.69) is 4.98 Å². The van der Waals surface area contributed by atoms with E-state index in [1.165, 1.54) is 0 Å². The molecule has 1 aromatic rings. The van der Waals surface area contributed by atoms with E-state index in [-0.39, 0.29) is 0 Å². The first-order valence-electron chi connectivity index (χ1n) is 3.63. The number of aromatic amines is 1. The largest absolute Gasteiger partial charge is 0.481 e. The molecule has 1 aliphatic rings. The van der Waals surface area contributed by atoms with Crippen LogP contribution in [0.5, 0.6) is 0 Å². The molecule has 0 aliphatic heterocycles. The number of aromatic nitrogens is 1. The Hall–Kier alpha value is -1.25. The number of nitrogens with one attached hydrogen (secondary N) is 1. The second-order valence-electron chi connectivity index (χ2n) is 2.97. The molecule has 2 N–H and O–H groups in total. The molecule has 11 heavy (non-hydrogen) atoms. The predicted molar refractivity (Wildman–Crippen MR) is 39.3 cm³/mol. The summed E-state index contributed by atoms with van der Waals surface area (Å²) in [5, 5.41) is 8.86. The van der Waals surface area contributed by atoms with Crippen molar-refractivity contribution in [3.63, 3.8) is 0 Å². The molecule has 0 unspecified atom stereocenters. The maximum atomic E-state index is 10.8. The van der Waals surface area contributed by atoms with Gasteiger partial charge in [-0.05, 0) is 25.0 Å². The van der Waals surface area contributed by atoms with E-state index in [4.69, 9.17) is 5.11 Å². The first-order chi connectivity index (χ1) is 5.26. The fourth-order valence-corrected chi connectivity index (χ4v) is 1.35. The Labute approximate surface area is 64.1 Å². The monoisotopic (exact) mass is 151 g/mol. The summed E-state index contributed by atoms with van der Waals surface area (Å²) in [6.45, 7) is 0. The number of aliphatic carboxylic acids is 1. The fourth-order valence-electron chi connectivity index (χ4n) is 1.35. The Morgan fingerprint density at radius 1 is 1.64 bits per heavy atom. The molecule has 0 atom stereocenters. The van der Waals surface area contributed by atoms with Crippen LogP contribution in [-0.4, -0.2) is 16.1 Å². The highest BCUT2D eigenvalue weighted by molar-refractivity contribution is 5.84. The van der Waals surface area contributed by atoms with Crippen LogP contribution in [0.1, 0.15) is 18.5 Å². The zero-order valence-corrected chi connectivity index (χ0v) is 6.00. The number of hydrogen-bond donors (Lipinski definition) is 2. The van der Waals surface area contributed by atoms with Gasteiger partial charge in [0.2, 0.25) is 0 Å². The molecule has 2 rings (SSSR count). The lowest BCUT2D eigenvalue weighted by Gasteiger charge is -2.05. The van der Waals surface area contributed by atoms with E-state index in [9.17, 15) is 4.79 Å². The Balaban J connectivity index is 2.36. The molecule has 0 aromatic carbocycles. The SMILES string of the molecule is O=C(O)C1(c2ccc[nH]2)CC1. The van der Waals surface area contributed by atoms with Gasteiger partial charge in [0, 0.05) is 11.9 Å². The molecule has 0 amide bonds. The summed E-state index contributed by atoms with van der Waals surface area (Å²) in [5.74, 6) is -0.708. The predicted octanol–water partition coefficient (Wildman–Crippen LogP) is 1.13. The highest BCUT2D eigenvalue weighted by Gasteiger charge is 2.52. The van der Waals surface area contributed by atoms with Crippen LogP contribution in [-0.2, 0) is 10.2 Å². The maximum Gasteiger partial charge on any atom is 0.315 e. The van der Waals surface area contributed by atoms with E-state index in [1.807, 2.05) is 12.1 Å². The molecule has 0 radical (unpaired) electrons. The summed E-state index contributed by atoms with van der Waals surface area (Å²) in [4.78, 5) is 13.7. The van der Waals surface area contributed by atoms with Crippen molar-refractivity contribution in [2.24, 2.45) is 0 Å². The number of carboxylic acid groups (broad SMARTS) is 1. The molecule has 3 heteroatoms. The number of carbonyl (C=O) groups is 1. The van der Waals surface area contributed by atoms with Gasteiger partial charge in [0.15, 0.2) is 0 Å². The van der Waals surface area contributed by atoms with Crippen molar-refractivity contribution in [1.29, 1.82) is 0 Å².